The standard InChI is InChI=1S/C25H37BrO6/c1-5-21(31)32-25(20(30)13-27)14(2)10-18-17-7-6-15-11-16(28)8-9-22(15,3)24(17,26)19(29)12-23(18,25)4/h14-15,17-19,27,29H,5-13H2,1-4H3/t14-,15-,17-,18-,19-,22-,23-,24-,25+/m0/s1. The Morgan fingerprint density at radius 2 is 1.88 bits per heavy atom. The third-order valence-corrected chi connectivity index (χ3v) is 12.2. The zero-order valence-electron chi connectivity index (χ0n) is 19.7. The molecule has 0 unspecified atom stereocenters. The molecule has 4 rings (SSSR count). The van der Waals surface area contributed by atoms with Crippen LogP contribution in [0, 0.1) is 34.5 Å². The van der Waals surface area contributed by atoms with Crippen LogP contribution in [0.25, 0.3) is 0 Å². The van der Waals surface area contributed by atoms with Crippen LogP contribution >= 0.6 is 15.9 Å². The fourth-order valence-electron chi connectivity index (χ4n) is 8.61. The monoisotopic (exact) mass is 512 g/mol. The number of halogens is 1. The first-order valence-corrected chi connectivity index (χ1v) is 13.0. The van der Waals surface area contributed by atoms with Crippen LogP contribution in [0.2, 0.25) is 0 Å². The van der Waals surface area contributed by atoms with E-state index >= 15 is 0 Å². The lowest BCUT2D eigenvalue weighted by molar-refractivity contribution is -0.208. The van der Waals surface area contributed by atoms with Crippen LogP contribution in [-0.4, -0.2) is 50.4 Å². The van der Waals surface area contributed by atoms with E-state index in [4.69, 9.17) is 4.74 Å². The van der Waals surface area contributed by atoms with Crippen molar-refractivity contribution in [2.24, 2.45) is 34.5 Å². The van der Waals surface area contributed by atoms with Gasteiger partial charge in [-0.15, -0.1) is 0 Å². The molecule has 180 valence electrons. The molecule has 0 aromatic heterocycles. The number of carbonyl (C=O) groups is 3. The first-order chi connectivity index (χ1) is 14.9. The Hall–Kier alpha value is -0.790. The van der Waals surface area contributed by atoms with E-state index in [-0.39, 0.29) is 35.5 Å². The van der Waals surface area contributed by atoms with Crippen molar-refractivity contribution >= 4 is 33.5 Å². The number of esters is 1. The highest BCUT2D eigenvalue weighted by atomic mass is 79.9. The van der Waals surface area contributed by atoms with Gasteiger partial charge in [0.25, 0.3) is 0 Å². The van der Waals surface area contributed by atoms with E-state index in [1.54, 1.807) is 6.92 Å². The van der Waals surface area contributed by atoms with Gasteiger partial charge in [0.1, 0.15) is 12.4 Å². The number of rotatable bonds is 4. The third kappa shape index (κ3) is 2.86. The number of aliphatic hydroxyl groups is 2. The van der Waals surface area contributed by atoms with E-state index in [0.717, 1.165) is 19.3 Å². The minimum atomic E-state index is -1.44. The fourth-order valence-corrected chi connectivity index (χ4v) is 9.84. The maximum absolute atomic E-state index is 13.3. The lowest BCUT2D eigenvalue weighted by Gasteiger charge is -2.67. The van der Waals surface area contributed by atoms with Crippen molar-refractivity contribution in [3.05, 3.63) is 0 Å². The molecule has 4 aliphatic rings. The molecule has 0 bridgehead atoms. The second-order valence-corrected chi connectivity index (χ2v) is 12.6. The van der Waals surface area contributed by atoms with Crippen molar-refractivity contribution in [2.45, 2.75) is 95.1 Å². The van der Waals surface area contributed by atoms with Gasteiger partial charge in [0, 0.05) is 30.6 Å². The average Bonchev–Trinajstić information content (AvgIpc) is 2.96. The molecule has 7 heteroatoms. The highest BCUT2D eigenvalue weighted by Crippen LogP contribution is 2.73. The maximum Gasteiger partial charge on any atom is 0.306 e. The minimum absolute atomic E-state index is 0.0517. The van der Waals surface area contributed by atoms with E-state index in [0.29, 0.717) is 31.5 Å². The SMILES string of the molecule is CCC(=O)O[C@@]1(C(=O)CO)[C@@H](C)C[C@H]2[C@@H]3CC[C@H]4CC(=O)CC[C@]4(C)[C@@]3(Br)[C@@H](O)C[C@@]21C. The number of alkyl halides is 1. The first-order valence-electron chi connectivity index (χ1n) is 12.2. The molecule has 2 N–H and O–H groups in total. The predicted octanol–water partition coefficient (Wildman–Crippen LogP) is 3.59. The third-order valence-electron chi connectivity index (χ3n) is 10.2. The van der Waals surface area contributed by atoms with Gasteiger partial charge < -0.3 is 14.9 Å². The lowest BCUT2D eigenvalue weighted by atomic mass is 9.43. The Kier molecular flexibility index (Phi) is 5.99. The maximum atomic E-state index is 13.3. The van der Waals surface area contributed by atoms with Crippen LogP contribution in [0.4, 0.5) is 0 Å². The molecule has 0 saturated heterocycles. The van der Waals surface area contributed by atoms with Gasteiger partial charge in [-0.05, 0) is 55.3 Å². The summed E-state index contributed by atoms with van der Waals surface area (Å²) in [5.74, 6) is -0.489. The van der Waals surface area contributed by atoms with Gasteiger partial charge in [0.2, 0.25) is 5.78 Å². The Balaban J connectivity index is 1.81. The van der Waals surface area contributed by atoms with Gasteiger partial charge in [-0.3, -0.25) is 14.4 Å². The minimum Gasteiger partial charge on any atom is -0.450 e. The van der Waals surface area contributed by atoms with E-state index in [2.05, 4.69) is 22.9 Å². The number of hydrogen-bond donors (Lipinski definition) is 2. The molecule has 6 nitrogen and oxygen atoms in total. The molecule has 0 aromatic rings. The Bertz CT molecular complexity index is 829. The van der Waals surface area contributed by atoms with Gasteiger partial charge in [-0.1, -0.05) is 43.6 Å². The lowest BCUT2D eigenvalue weighted by Crippen LogP contribution is -2.71. The average molecular weight is 513 g/mol. The number of ketones is 2. The smallest absolute Gasteiger partial charge is 0.306 e. The summed E-state index contributed by atoms with van der Waals surface area (Å²) in [4.78, 5) is 38.0. The quantitative estimate of drug-likeness (QED) is 0.440. The normalized spacial score (nSPS) is 50.2. The van der Waals surface area contributed by atoms with Crippen molar-refractivity contribution in [2.75, 3.05) is 6.61 Å². The Morgan fingerprint density at radius 1 is 1.19 bits per heavy atom. The number of hydrogen-bond acceptors (Lipinski definition) is 6. The highest BCUT2D eigenvalue weighted by Gasteiger charge is 2.76. The van der Waals surface area contributed by atoms with Crippen LogP contribution in [0.15, 0.2) is 0 Å². The molecule has 9 atom stereocenters. The molecular weight excluding hydrogens is 476 g/mol. The summed E-state index contributed by atoms with van der Waals surface area (Å²) in [5.41, 5.74) is -2.43. The van der Waals surface area contributed by atoms with Crippen LogP contribution in [-0.2, 0) is 19.1 Å². The molecule has 32 heavy (non-hydrogen) atoms. The van der Waals surface area contributed by atoms with Crippen LogP contribution in [0.3, 0.4) is 0 Å². The predicted molar refractivity (Wildman–Crippen MR) is 122 cm³/mol. The van der Waals surface area contributed by atoms with Gasteiger partial charge in [-0.2, -0.15) is 0 Å². The van der Waals surface area contributed by atoms with Crippen LogP contribution < -0.4 is 0 Å². The number of ether oxygens (including phenoxy) is 1. The zero-order chi connectivity index (χ0) is 23.7. The number of Topliss-reactive ketones (excluding diaryl/α,β-unsaturated/α-hetero) is 2. The van der Waals surface area contributed by atoms with Gasteiger partial charge in [0.05, 0.1) is 10.4 Å². The molecule has 0 spiro atoms. The van der Waals surface area contributed by atoms with Crippen LogP contribution in [0.5, 0.6) is 0 Å². The number of fused-ring (bicyclic) bond motifs is 5. The van der Waals surface area contributed by atoms with Crippen molar-refractivity contribution in [1.29, 1.82) is 0 Å². The summed E-state index contributed by atoms with van der Waals surface area (Å²) >= 11 is 4.09. The molecule has 4 fully saturated rings. The second kappa shape index (κ2) is 7.88. The number of aliphatic hydroxyl groups excluding tert-OH is 2. The van der Waals surface area contributed by atoms with E-state index in [1.165, 1.54) is 0 Å². The zero-order valence-corrected chi connectivity index (χ0v) is 21.2. The van der Waals surface area contributed by atoms with Crippen molar-refractivity contribution in [1.82, 2.24) is 0 Å². The molecule has 0 heterocycles. The molecule has 0 amide bonds. The molecule has 4 saturated carbocycles. The molecule has 4 aliphatic carbocycles. The summed E-state index contributed by atoms with van der Waals surface area (Å²) in [5, 5.41) is 21.7. The van der Waals surface area contributed by atoms with Gasteiger partial charge in [0.15, 0.2) is 5.60 Å². The molecule has 0 aliphatic heterocycles. The van der Waals surface area contributed by atoms with Gasteiger partial charge in [-0.25, -0.2) is 0 Å². The second-order valence-electron chi connectivity index (χ2n) is 11.3. The summed E-state index contributed by atoms with van der Waals surface area (Å²) < 4.78 is 5.42. The Morgan fingerprint density at radius 3 is 2.50 bits per heavy atom. The van der Waals surface area contributed by atoms with Crippen LogP contribution in [0.1, 0.15) is 79.1 Å². The molecular formula is C25H37BrO6. The first kappa shape index (κ1) is 24.3. The Labute approximate surface area is 199 Å². The van der Waals surface area contributed by atoms with Crippen molar-refractivity contribution < 1.29 is 29.3 Å². The van der Waals surface area contributed by atoms with E-state index in [1.807, 2.05) is 13.8 Å². The van der Waals surface area contributed by atoms with E-state index in [9.17, 15) is 24.6 Å². The molecule has 0 aromatic carbocycles. The summed E-state index contributed by atoms with van der Waals surface area (Å²) in [6, 6.07) is 0. The summed E-state index contributed by atoms with van der Waals surface area (Å²) in [7, 11) is 0. The largest absolute Gasteiger partial charge is 0.450 e. The summed E-state index contributed by atoms with van der Waals surface area (Å²) in [6.07, 6.45) is 4.04. The van der Waals surface area contributed by atoms with E-state index < -0.39 is 39.8 Å². The highest BCUT2D eigenvalue weighted by molar-refractivity contribution is 9.10. The fraction of sp³-hybridized carbons (Fsp3) is 0.880. The molecule has 0 radical (unpaired) electrons. The van der Waals surface area contributed by atoms with Crippen molar-refractivity contribution in [3.63, 3.8) is 0 Å². The van der Waals surface area contributed by atoms with Gasteiger partial charge >= 0.3 is 5.97 Å². The number of carbonyl (C=O) groups excluding carboxylic acids is 3. The topological polar surface area (TPSA) is 101 Å². The summed E-state index contributed by atoms with van der Waals surface area (Å²) in [6.45, 7) is 7.15. The van der Waals surface area contributed by atoms with Crippen molar-refractivity contribution in [3.8, 4) is 0 Å².